The molecule has 2 amide bonds. The molecule has 3 unspecified atom stereocenters. The number of piperidine rings is 1. The molecule has 0 spiro atoms. The van der Waals surface area contributed by atoms with Crippen molar-refractivity contribution in [1.29, 1.82) is 0 Å². The lowest BCUT2D eigenvalue weighted by Gasteiger charge is -2.32. The highest BCUT2D eigenvalue weighted by Gasteiger charge is 2.52. The molecule has 2 aliphatic heterocycles. The van der Waals surface area contributed by atoms with Crippen LogP contribution in [0.5, 0.6) is 0 Å². The molecule has 136 valence electrons. The summed E-state index contributed by atoms with van der Waals surface area (Å²) in [5.74, 6) is 0. The van der Waals surface area contributed by atoms with Gasteiger partial charge in [0, 0.05) is 6.54 Å². The highest BCUT2D eigenvalue weighted by Crippen LogP contribution is 2.32. The van der Waals surface area contributed by atoms with Crippen LogP contribution < -0.4 is 5.32 Å². The summed E-state index contributed by atoms with van der Waals surface area (Å²) in [5.41, 5.74) is 0.354. The first-order chi connectivity index (χ1) is 11.8. The van der Waals surface area contributed by atoms with Gasteiger partial charge >= 0.3 is 12.2 Å². The van der Waals surface area contributed by atoms with Crippen molar-refractivity contribution in [2.45, 2.75) is 51.2 Å². The molecule has 25 heavy (non-hydrogen) atoms. The standard InChI is InChI=1S/C18H24N2O5/c1-18(2,3)25-17(22)20-9-13(15-14(10-20)24-15)19-16(21)23-11-12-7-5-4-6-8-12/h4-8,13-15H,9-11H2,1-3H3,(H,19,21). The van der Waals surface area contributed by atoms with E-state index in [0.717, 1.165) is 5.56 Å². The lowest BCUT2D eigenvalue weighted by molar-refractivity contribution is 0.0205. The molecule has 0 bridgehead atoms. The SMILES string of the molecule is CC(C)(C)OC(=O)N1CC(NC(=O)OCc2ccccc2)C2OC2C1. The first-order valence-electron chi connectivity index (χ1n) is 8.42. The number of amides is 2. The van der Waals surface area contributed by atoms with Crippen molar-refractivity contribution < 1.29 is 23.8 Å². The van der Waals surface area contributed by atoms with E-state index in [1.165, 1.54) is 0 Å². The van der Waals surface area contributed by atoms with Crippen LogP contribution in [0.4, 0.5) is 9.59 Å². The molecule has 3 atom stereocenters. The average molecular weight is 348 g/mol. The summed E-state index contributed by atoms with van der Waals surface area (Å²) in [4.78, 5) is 25.8. The van der Waals surface area contributed by atoms with Gasteiger partial charge < -0.3 is 24.4 Å². The van der Waals surface area contributed by atoms with E-state index in [0.29, 0.717) is 13.1 Å². The van der Waals surface area contributed by atoms with Crippen molar-refractivity contribution >= 4 is 12.2 Å². The van der Waals surface area contributed by atoms with Crippen molar-refractivity contribution in [2.75, 3.05) is 13.1 Å². The molecule has 0 radical (unpaired) electrons. The Morgan fingerprint density at radius 3 is 2.64 bits per heavy atom. The van der Waals surface area contributed by atoms with Crippen LogP contribution in [0.2, 0.25) is 0 Å². The summed E-state index contributed by atoms with van der Waals surface area (Å²) in [5, 5.41) is 2.79. The quantitative estimate of drug-likeness (QED) is 0.848. The zero-order chi connectivity index (χ0) is 18.0. The molecule has 0 aromatic heterocycles. The van der Waals surface area contributed by atoms with Crippen LogP contribution in [-0.4, -0.2) is 54.0 Å². The Kier molecular flexibility index (Phi) is 4.85. The van der Waals surface area contributed by atoms with Crippen molar-refractivity contribution in [2.24, 2.45) is 0 Å². The van der Waals surface area contributed by atoms with Gasteiger partial charge in [-0.2, -0.15) is 0 Å². The van der Waals surface area contributed by atoms with Gasteiger partial charge in [-0.25, -0.2) is 9.59 Å². The lowest BCUT2D eigenvalue weighted by atomic mass is 10.1. The molecule has 0 aliphatic carbocycles. The molecule has 1 N–H and O–H groups in total. The van der Waals surface area contributed by atoms with Crippen molar-refractivity contribution in [3.8, 4) is 0 Å². The largest absolute Gasteiger partial charge is 0.445 e. The molecular weight excluding hydrogens is 324 g/mol. The number of hydrogen-bond donors (Lipinski definition) is 1. The number of carbonyl (C=O) groups excluding carboxylic acids is 2. The first-order valence-corrected chi connectivity index (χ1v) is 8.42. The predicted molar refractivity (Wildman–Crippen MR) is 90.0 cm³/mol. The molecule has 2 fully saturated rings. The van der Waals surface area contributed by atoms with Gasteiger partial charge in [-0.1, -0.05) is 30.3 Å². The number of alkyl carbamates (subject to hydrolysis) is 1. The normalized spacial score (nSPS) is 24.9. The predicted octanol–water partition coefficient (Wildman–Crippen LogP) is 2.30. The minimum atomic E-state index is -0.560. The van der Waals surface area contributed by atoms with Crippen LogP contribution in [-0.2, 0) is 20.8 Å². The molecule has 1 aromatic carbocycles. The van der Waals surface area contributed by atoms with Crippen LogP contribution >= 0.6 is 0 Å². The second-order valence-electron chi connectivity index (χ2n) is 7.34. The van der Waals surface area contributed by atoms with Crippen LogP contribution in [0.25, 0.3) is 0 Å². The van der Waals surface area contributed by atoms with E-state index < -0.39 is 17.8 Å². The third-order valence-corrected chi connectivity index (χ3v) is 4.00. The number of carbonyl (C=O) groups is 2. The van der Waals surface area contributed by atoms with Gasteiger partial charge in [0.25, 0.3) is 0 Å². The van der Waals surface area contributed by atoms with Crippen molar-refractivity contribution in [3.05, 3.63) is 35.9 Å². The fourth-order valence-electron chi connectivity index (χ4n) is 2.81. The van der Waals surface area contributed by atoms with Crippen LogP contribution in [0.3, 0.4) is 0 Å². The summed E-state index contributed by atoms with van der Waals surface area (Å²) in [6.45, 7) is 6.49. The molecule has 1 aromatic rings. The number of nitrogens with zero attached hydrogens (tertiary/aromatic N) is 1. The monoisotopic (exact) mass is 348 g/mol. The first kappa shape index (κ1) is 17.5. The van der Waals surface area contributed by atoms with Gasteiger partial charge in [-0.15, -0.1) is 0 Å². The third kappa shape index (κ3) is 4.85. The van der Waals surface area contributed by atoms with Crippen LogP contribution in [0.15, 0.2) is 30.3 Å². The summed E-state index contributed by atoms with van der Waals surface area (Å²) in [7, 11) is 0. The maximum Gasteiger partial charge on any atom is 0.410 e. The van der Waals surface area contributed by atoms with Gasteiger partial charge in [0.15, 0.2) is 0 Å². The van der Waals surface area contributed by atoms with Crippen molar-refractivity contribution in [1.82, 2.24) is 10.2 Å². The van der Waals surface area contributed by atoms with Gasteiger partial charge in [-0.3, -0.25) is 0 Å². The molecule has 7 nitrogen and oxygen atoms in total. The zero-order valence-corrected chi connectivity index (χ0v) is 14.7. The average Bonchev–Trinajstić information content (AvgIpc) is 3.32. The van der Waals surface area contributed by atoms with E-state index in [4.69, 9.17) is 14.2 Å². The minimum absolute atomic E-state index is 0.0549. The molecular formula is C18H24N2O5. The van der Waals surface area contributed by atoms with E-state index in [1.807, 2.05) is 51.1 Å². The van der Waals surface area contributed by atoms with E-state index in [-0.39, 0.29) is 24.9 Å². The Balaban J connectivity index is 1.50. The number of fused-ring (bicyclic) bond motifs is 1. The Morgan fingerprint density at radius 1 is 1.24 bits per heavy atom. The number of epoxide rings is 1. The number of rotatable bonds is 3. The van der Waals surface area contributed by atoms with Crippen molar-refractivity contribution in [3.63, 3.8) is 0 Å². The van der Waals surface area contributed by atoms with Gasteiger partial charge in [0.05, 0.1) is 12.6 Å². The fraction of sp³-hybridized carbons (Fsp3) is 0.556. The summed E-state index contributed by atoms with van der Waals surface area (Å²) < 4.78 is 16.2. The Labute approximate surface area is 147 Å². The molecule has 2 aliphatic rings. The molecule has 2 heterocycles. The Bertz CT molecular complexity index is 628. The van der Waals surface area contributed by atoms with E-state index >= 15 is 0 Å². The summed E-state index contributed by atoms with van der Waals surface area (Å²) in [6, 6.07) is 9.16. The van der Waals surface area contributed by atoms with E-state index in [2.05, 4.69) is 5.32 Å². The minimum Gasteiger partial charge on any atom is -0.445 e. The van der Waals surface area contributed by atoms with E-state index in [1.54, 1.807) is 4.90 Å². The maximum atomic E-state index is 12.2. The summed E-state index contributed by atoms with van der Waals surface area (Å²) in [6.07, 6.45) is -1.04. The van der Waals surface area contributed by atoms with E-state index in [9.17, 15) is 9.59 Å². The smallest absolute Gasteiger partial charge is 0.410 e. The van der Waals surface area contributed by atoms with Gasteiger partial charge in [0.1, 0.15) is 24.4 Å². The fourth-order valence-corrected chi connectivity index (χ4v) is 2.81. The van der Waals surface area contributed by atoms with Gasteiger partial charge in [0.2, 0.25) is 0 Å². The highest BCUT2D eigenvalue weighted by molar-refractivity contribution is 5.70. The Morgan fingerprint density at radius 2 is 1.96 bits per heavy atom. The van der Waals surface area contributed by atoms with Crippen LogP contribution in [0.1, 0.15) is 26.3 Å². The highest BCUT2D eigenvalue weighted by atomic mass is 16.6. The molecule has 0 saturated carbocycles. The molecule has 3 rings (SSSR count). The number of likely N-dealkylation sites (tertiary alicyclic amines) is 1. The number of hydrogen-bond acceptors (Lipinski definition) is 5. The lowest BCUT2D eigenvalue weighted by Crippen LogP contribution is -2.54. The Hall–Kier alpha value is -2.28. The number of nitrogens with one attached hydrogen (secondary N) is 1. The maximum absolute atomic E-state index is 12.2. The molecule has 7 heteroatoms. The third-order valence-electron chi connectivity index (χ3n) is 4.00. The number of ether oxygens (including phenoxy) is 3. The van der Waals surface area contributed by atoms with Gasteiger partial charge in [-0.05, 0) is 26.3 Å². The molecule has 2 saturated heterocycles. The topological polar surface area (TPSA) is 80.4 Å². The van der Waals surface area contributed by atoms with Crippen LogP contribution in [0, 0.1) is 0 Å². The second-order valence-corrected chi connectivity index (χ2v) is 7.34. The number of benzene rings is 1. The summed E-state index contributed by atoms with van der Waals surface area (Å²) >= 11 is 0. The second kappa shape index (κ2) is 6.92. The zero-order valence-electron chi connectivity index (χ0n) is 14.7.